The molecule has 1 heterocycles. The molecule has 1 rings (SSSR count). The molecule has 0 aromatic carbocycles. The molecule has 116 valence electrons. The van der Waals surface area contributed by atoms with E-state index >= 15 is 0 Å². The molecule has 0 saturated carbocycles. The van der Waals surface area contributed by atoms with Gasteiger partial charge in [-0.1, -0.05) is 6.92 Å². The minimum Gasteiger partial charge on any atom is -0.435 e. The zero-order valence-corrected chi connectivity index (χ0v) is 12.2. The molecule has 0 bridgehead atoms. The normalized spacial score (nSPS) is 35.1. The van der Waals surface area contributed by atoms with Crippen LogP contribution in [0, 0.1) is 5.92 Å². The highest BCUT2D eigenvalue weighted by Crippen LogP contribution is 2.28. The summed E-state index contributed by atoms with van der Waals surface area (Å²) in [6.07, 6.45) is -2.37. The zero-order valence-electron chi connectivity index (χ0n) is 12.2. The summed E-state index contributed by atoms with van der Waals surface area (Å²) in [7, 11) is 1.46. The molecule has 7 heteroatoms. The molecule has 2 unspecified atom stereocenters. The Hall–Kier alpha value is -1.18. The third-order valence-electron chi connectivity index (χ3n) is 3.55. The second-order valence-electron chi connectivity index (χ2n) is 5.15. The third-order valence-corrected chi connectivity index (χ3v) is 3.55. The van der Waals surface area contributed by atoms with Crippen molar-refractivity contribution in [3.05, 3.63) is 0 Å². The molecule has 7 nitrogen and oxygen atoms in total. The Bertz CT molecular complexity index is 335. The topological polar surface area (TPSA) is 94.1 Å². The lowest BCUT2D eigenvalue weighted by Gasteiger charge is -2.43. The van der Waals surface area contributed by atoms with Gasteiger partial charge in [0.25, 0.3) is 6.47 Å². The monoisotopic (exact) mass is 289 g/mol. The average molecular weight is 289 g/mol. The van der Waals surface area contributed by atoms with E-state index in [1.807, 2.05) is 13.8 Å². The first-order chi connectivity index (χ1) is 9.40. The largest absolute Gasteiger partial charge is 0.435 e. The van der Waals surface area contributed by atoms with Gasteiger partial charge in [0.05, 0.1) is 24.7 Å². The number of hydrogen-bond donors (Lipinski definition) is 2. The number of rotatable bonds is 6. The summed E-state index contributed by atoms with van der Waals surface area (Å²) in [6.45, 7) is 5.60. The third kappa shape index (κ3) is 4.16. The number of aliphatic hydroxyl groups is 1. The van der Waals surface area contributed by atoms with Gasteiger partial charge in [-0.05, 0) is 13.8 Å². The lowest BCUT2D eigenvalue weighted by molar-refractivity contribution is -0.249. The van der Waals surface area contributed by atoms with Gasteiger partial charge in [0.2, 0.25) is 12.2 Å². The molecule has 0 aliphatic carbocycles. The molecule has 0 radical (unpaired) electrons. The number of carbonyl (C=O) groups is 2. The fourth-order valence-electron chi connectivity index (χ4n) is 2.32. The first-order valence-electron chi connectivity index (χ1n) is 6.65. The lowest BCUT2D eigenvalue weighted by Crippen LogP contribution is -2.61. The maximum absolute atomic E-state index is 11.8. The van der Waals surface area contributed by atoms with Gasteiger partial charge in [-0.3, -0.25) is 9.59 Å². The van der Waals surface area contributed by atoms with Crippen LogP contribution in [0.2, 0.25) is 0 Å². The first kappa shape index (κ1) is 16.9. The highest BCUT2D eigenvalue weighted by Gasteiger charge is 2.44. The van der Waals surface area contributed by atoms with Gasteiger partial charge in [-0.15, -0.1) is 0 Å². The van der Waals surface area contributed by atoms with Crippen LogP contribution < -0.4 is 5.32 Å². The van der Waals surface area contributed by atoms with Crippen LogP contribution >= 0.6 is 0 Å². The Kier molecular flexibility index (Phi) is 6.38. The van der Waals surface area contributed by atoms with Gasteiger partial charge in [0.15, 0.2) is 0 Å². The summed E-state index contributed by atoms with van der Waals surface area (Å²) in [5, 5.41) is 12.1. The van der Waals surface area contributed by atoms with E-state index in [0.29, 0.717) is 6.47 Å². The second kappa shape index (κ2) is 7.56. The Labute approximate surface area is 118 Å². The number of hydrogen-bond acceptors (Lipinski definition) is 6. The second-order valence-corrected chi connectivity index (χ2v) is 5.15. The van der Waals surface area contributed by atoms with Crippen LogP contribution in [0.1, 0.15) is 27.2 Å². The Balaban J connectivity index is 2.80. The van der Waals surface area contributed by atoms with Gasteiger partial charge in [0, 0.05) is 13.0 Å². The number of methoxy groups -OCH3 is 1. The Morgan fingerprint density at radius 2 is 2.15 bits per heavy atom. The standard InChI is InChI=1S/C13H23NO6/c1-7(16)5-10(17)14-11-8(2)9(3)20-13(19-6-15)12(11)18-4/h6-9,11-13,16H,5H2,1-4H3,(H,14,17)/t7-,8?,9-,11-,12+,13?/m1/s1. The van der Waals surface area contributed by atoms with E-state index < -0.39 is 18.5 Å². The highest BCUT2D eigenvalue weighted by atomic mass is 16.7. The van der Waals surface area contributed by atoms with E-state index in [2.05, 4.69) is 5.32 Å². The van der Waals surface area contributed by atoms with Crippen molar-refractivity contribution in [3.8, 4) is 0 Å². The Morgan fingerprint density at radius 1 is 1.50 bits per heavy atom. The molecule has 1 amide bonds. The molecule has 6 atom stereocenters. The molecule has 0 spiro atoms. The van der Waals surface area contributed by atoms with Crippen LogP contribution in [0.3, 0.4) is 0 Å². The zero-order chi connectivity index (χ0) is 15.3. The van der Waals surface area contributed by atoms with Crippen LogP contribution in [-0.2, 0) is 23.8 Å². The van der Waals surface area contributed by atoms with Crippen molar-refractivity contribution in [1.82, 2.24) is 5.32 Å². The minimum absolute atomic E-state index is 0.00803. The molecule has 0 aromatic heterocycles. The number of ether oxygens (including phenoxy) is 3. The summed E-state index contributed by atoms with van der Waals surface area (Å²) < 4.78 is 15.7. The van der Waals surface area contributed by atoms with Crippen molar-refractivity contribution >= 4 is 12.4 Å². The summed E-state index contributed by atoms with van der Waals surface area (Å²) >= 11 is 0. The maximum Gasteiger partial charge on any atom is 0.295 e. The molecular weight excluding hydrogens is 266 g/mol. The predicted molar refractivity (Wildman–Crippen MR) is 69.7 cm³/mol. The SMILES string of the molecule is CO[C@@H]1C(OC=O)O[C@H](C)C(C)[C@H]1NC(=O)C[C@@H](C)O. The van der Waals surface area contributed by atoms with E-state index in [0.717, 1.165) is 0 Å². The van der Waals surface area contributed by atoms with Crippen LogP contribution in [0.5, 0.6) is 0 Å². The van der Waals surface area contributed by atoms with Gasteiger partial charge in [-0.2, -0.15) is 0 Å². The van der Waals surface area contributed by atoms with Crippen LogP contribution in [-0.4, -0.2) is 55.2 Å². The van der Waals surface area contributed by atoms with Crippen LogP contribution in [0.15, 0.2) is 0 Å². The van der Waals surface area contributed by atoms with Gasteiger partial charge in [-0.25, -0.2) is 0 Å². The number of amides is 1. The molecule has 1 aliphatic rings. The first-order valence-corrected chi connectivity index (χ1v) is 6.65. The van der Waals surface area contributed by atoms with Crippen molar-refractivity contribution < 1.29 is 28.9 Å². The number of carbonyl (C=O) groups excluding carboxylic acids is 2. The molecule has 0 aromatic rings. The smallest absolute Gasteiger partial charge is 0.295 e. The summed E-state index contributed by atoms with van der Waals surface area (Å²) in [6, 6.07) is -0.361. The van der Waals surface area contributed by atoms with Crippen LogP contribution in [0.4, 0.5) is 0 Å². The van der Waals surface area contributed by atoms with Crippen molar-refractivity contribution in [2.45, 2.75) is 57.8 Å². The maximum atomic E-state index is 11.8. The molecular formula is C13H23NO6. The number of aliphatic hydroxyl groups excluding tert-OH is 1. The Morgan fingerprint density at radius 3 is 2.65 bits per heavy atom. The average Bonchev–Trinajstić information content (AvgIpc) is 2.35. The molecule has 1 saturated heterocycles. The van der Waals surface area contributed by atoms with Crippen LogP contribution in [0.25, 0.3) is 0 Å². The van der Waals surface area contributed by atoms with Crippen molar-refractivity contribution in [1.29, 1.82) is 0 Å². The van der Waals surface area contributed by atoms with Gasteiger partial charge < -0.3 is 24.6 Å². The fraction of sp³-hybridized carbons (Fsp3) is 0.846. The molecule has 20 heavy (non-hydrogen) atoms. The van der Waals surface area contributed by atoms with Gasteiger partial charge >= 0.3 is 0 Å². The highest BCUT2D eigenvalue weighted by molar-refractivity contribution is 5.76. The molecule has 1 fully saturated rings. The fourth-order valence-corrected chi connectivity index (χ4v) is 2.32. The summed E-state index contributed by atoms with van der Waals surface area (Å²) in [5.74, 6) is -0.303. The van der Waals surface area contributed by atoms with Gasteiger partial charge in [0.1, 0.15) is 6.10 Å². The lowest BCUT2D eigenvalue weighted by atomic mass is 9.88. The summed E-state index contributed by atoms with van der Waals surface area (Å²) in [5.41, 5.74) is 0. The van der Waals surface area contributed by atoms with E-state index in [1.165, 1.54) is 7.11 Å². The molecule has 2 N–H and O–H groups in total. The quantitative estimate of drug-likeness (QED) is 0.658. The van der Waals surface area contributed by atoms with Crippen molar-refractivity contribution in [2.75, 3.05) is 7.11 Å². The van der Waals surface area contributed by atoms with E-state index in [1.54, 1.807) is 6.92 Å². The van der Waals surface area contributed by atoms with Crippen molar-refractivity contribution in [3.63, 3.8) is 0 Å². The van der Waals surface area contributed by atoms with Crippen molar-refractivity contribution in [2.24, 2.45) is 5.92 Å². The summed E-state index contributed by atoms with van der Waals surface area (Å²) in [4.78, 5) is 22.3. The minimum atomic E-state index is -0.861. The van der Waals surface area contributed by atoms with E-state index in [9.17, 15) is 14.7 Å². The predicted octanol–water partition coefficient (Wildman–Crippen LogP) is -0.189. The van der Waals surface area contributed by atoms with E-state index in [4.69, 9.17) is 14.2 Å². The number of nitrogens with one attached hydrogen (secondary N) is 1. The van der Waals surface area contributed by atoms with E-state index in [-0.39, 0.29) is 30.4 Å². The molecule has 1 aliphatic heterocycles.